The molecule has 2 saturated heterocycles. The van der Waals surface area contributed by atoms with Crippen LogP contribution in [0.3, 0.4) is 0 Å². The van der Waals surface area contributed by atoms with Crippen LogP contribution in [0.1, 0.15) is 31.6 Å². The summed E-state index contributed by atoms with van der Waals surface area (Å²) in [5, 5.41) is 4.18. The molecule has 0 radical (unpaired) electrons. The summed E-state index contributed by atoms with van der Waals surface area (Å²) in [6, 6.07) is 10.2. The van der Waals surface area contributed by atoms with Gasteiger partial charge in [-0.3, -0.25) is 4.90 Å². The average Bonchev–Trinajstić information content (AvgIpc) is 3.12. The van der Waals surface area contributed by atoms with Gasteiger partial charge >= 0.3 is 0 Å². The first-order valence-corrected chi connectivity index (χ1v) is 11.3. The summed E-state index contributed by atoms with van der Waals surface area (Å²) in [5.41, 5.74) is 0.897. The number of hydrogen-bond donors (Lipinski definition) is 0. The monoisotopic (exact) mass is 419 g/mol. The molecule has 8 heteroatoms. The molecular weight excluding hydrogens is 390 g/mol. The van der Waals surface area contributed by atoms with E-state index in [4.69, 9.17) is 4.52 Å². The minimum absolute atomic E-state index is 0.608. The fourth-order valence-electron chi connectivity index (χ4n) is 4.31. The lowest BCUT2D eigenvalue weighted by atomic mass is 10.2. The molecule has 0 amide bonds. The normalized spacial score (nSPS) is 18.2. The van der Waals surface area contributed by atoms with Crippen LogP contribution in [0.2, 0.25) is 0 Å². The molecule has 162 valence electrons. The van der Waals surface area contributed by atoms with Gasteiger partial charge in [-0.2, -0.15) is 4.98 Å². The van der Waals surface area contributed by atoms with Gasteiger partial charge in [0, 0.05) is 57.2 Å². The summed E-state index contributed by atoms with van der Waals surface area (Å²) >= 11 is 0. The molecule has 0 bridgehead atoms. The van der Waals surface area contributed by atoms with E-state index in [0.29, 0.717) is 18.3 Å². The van der Waals surface area contributed by atoms with Crippen LogP contribution in [-0.4, -0.2) is 64.3 Å². The van der Waals surface area contributed by atoms with Crippen LogP contribution < -0.4 is 9.80 Å². The number of piperazine rings is 1. The standard InChI is InChI=1S/C23H29N7O/c1-2-6-12-29(11-5-1)21-9-8-19(17-25-21)23-26-22(31-27-23)18-28-13-15-30(16-14-28)20-7-3-4-10-24-20/h3-4,7-10,17H,1-2,5-6,11-16,18H2. The molecule has 0 unspecified atom stereocenters. The van der Waals surface area contributed by atoms with E-state index in [1.807, 2.05) is 30.6 Å². The molecule has 3 aromatic heterocycles. The molecule has 0 spiro atoms. The first-order chi connectivity index (χ1) is 15.3. The number of aromatic nitrogens is 4. The highest BCUT2D eigenvalue weighted by molar-refractivity contribution is 5.55. The first-order valence-electron chi connectivity index (χ1n) is 11.3. The Morgan fingerprint density at radius 3 is 2.26 bits per heavy atom. The van der Waals surface area contributed by atoms with Crippen LogP contribution in [0.25, 0.3) is 11.4 Å². The van der Waals surface area contributed by atoms with Crippen molar-refractivity contribution in [3.8, 4) is 11.4 Å². The van der Waals surface area contributed by atoms with Crippen molar-refractivity contribution in [2.75, 3.05) is 49.1 Å². The van der Waals surface area contributed by atoms with Crippen molar-refractivity contribution in [2.45, 2.75) is 32.2 Å². The third-order valence-corrected chi connectivity index (χ3v) is 6.11. The topological polar surface area (TPSA) is 74.4 Å². The van der Waals surface area contributed by atoms with E-state index in [9.17, 15) is 0 Å². The lowest BCUT2D eigenvalue weighted by Crippen LogP contribution is -2.46. The van der Waals surface area contributed by atoms with Crippen molar-refractivity contribution >= 4 is 11.6 Å². The SMILES string of the molecule is c1ccc(N2CCN(Cc3nc(-c4ccc(N5CCCCCC5)nc4)no3)CC2)nc1. The molecule has 31 heavy (non-hydrogen) atoms. The quantitative estimate of drug-likeness (QED) is 0.624. The molecule has 0 aromatic carbocycles. The van der Waals surface area contributed by atoms with Gasteiger partial charge in [0.05, 0.1) is 6.54 Å². The highest BCUT2D eigenvalue weighted by Crippen LogP contribution is 2.22. The second-order valence-electron chi connectivity index (χ2n) is 8.27. The van der Waals surface area contributed by atoms with Crippen molar-refractivity contribution in [3.63, 3.8) is 0 Å². The lowest BCUT2D eigenvalue weighted by molar-refractivity contribution is 0.215. The van der Waals surface area contributed by atoms with Crippen molar-refractivity contribution in [2.24, 2.45) is 0 Å². The van der Waals surface area contributed by atoms with E-state index in [0.717, 1.165) is 56.5 Å². The van der Waals surface area contributed by atoms with Crippen LogP contribution in [0.15, 0.2) is 47.2 Å². The molecule has 0 N–H and O–H groups in total. The van der Waals surface area contributed by atoms with Gasteiger partial charge in [-0.1, -0.05) is 24.1 Å². The van der Waals surface area contributed by atoms with Crippen LogP contribution >= 0.6 is 0 Å². The van der Waals surface area contributed by atoms with Crippen LogP contribution in [0.4, 0.5) is 11.6 Å². The summed E-state index contributed by atoms with van der Waals surface area (Å²) in [6.45, 7) is 6.63. The first kappa shape index (κ1) is 19.9. The Labute approximate surface area is 182 Å². The van der Waals surface area contributed by atoms with Crippen molar-refractivity contribution < 1.29 is 4.52 Å². The average molecular weight is 420 g/mol. The van der Waals surface area contributed by atoms with Gasteiger partial charge in [0.2, 0.25) is 11.7 Å². The predicted molar refractivity (Wildman–Crippen MR) is 120 cm³/mol. The Morgan fingerprint density at radius 1 is 0.774 bits per heavy atom. The Kier molecular flexibility index (Phi) is 6.06. The van der Waals surface area contributed by atoms with E-state index >= 15 is 0 Å². The van der Waals surface area contributed by atoms with Gasteiger partial charge in [0.25, 0.3) is 0 Å². The van der Waals surface area contributed by atoms with Gasteiger partial charge in [0.15, 0.2) is 0 Å². The van der Waals surface area contributed by atoms with Crippen LogP contribution in [0, 0.1) is 0 Å². The largest absolute Gasteiger partial charge is 0.357 e. The highest BCUT2D eigenvalue weighted by atomic mass is 16.5. The predicted octanol–water partition coefficient (Wildman–Crippen LogP) is 3.23. The van der Waals surface area contributed by atoms with Gasteiger partial charge in [-0.25, -0.2) is 9.97 Å². The lowest BCUT2D eigenvalue weighted by Gasteiger charge is -2.34. The molecule has 2 fully saturated rings. The molecule has 0 aliphatic carbocycles. The van der Waals surface area contributed by atoms with E-state index < -0.39 is 0 Å². The van der Waals surface area contributed by atoms with E-state index in [2.05, 4.69) is 46.9 Å². The minimum atomic E-state index is 0.608. The molecular formula is C23H29N7O. The molecule has 3 aromatic rings. The zero-order valence-electron chi connectivity index (χ0n) is 17.9. The molecule has 2 aliphatic rings. The van der Waals surface area contributed by atoms with E-state index in [1.54, 1.807) is 0 Å². The second kappa shape index (κ2) is 9.43. The maximum atomic E-state index is 5.53. The summed E-state index contributed by atoms with van der Waals surface area (Å²) in [5.74, 6) is 3.34. The van der Waals surface area contributed by atoms with Gasteiger partial charge in [0.1, 0.15) is 11.6 Å². The van der Waals surface area contributed by atoms with Crippen molar-refractivity contribution in [3.05, 3.63) is 48.6 Å². The fourth-order valence-corrected chi connectivity index (χ4v) is 4.31. The number of hydrogen-bond acceptors (Lipinski definition) is 8. The zero-order chi connectivity index (χ0) is 20.9. The Bertz CT molecular complexity index is 944. The fraction of sp³-hybridized carbons (Fsp3) is 0.478. The number of rotatable bonds is 5. The Balaban J connectivity index is 1.17. The van der Waals surface area contributed by atoms with Crippen molar-refractivity contribution in [1.82, 2.24) is 25.0 Å². The maximum absolute atomic E-state index is 5.53. The number of pyridine rings is 2. The Hall–Kier alpha value is -3.00. The highest BCUT2D eigenvalue weighted by Gasteiger charge is 2.20. The minimum Gasteiger partial charge on any atom is -0.357 e. The summed E-state index contributed by atoms with van der Waals surface area (Å²) in [4.78, 5) is 20.8. The van der Waals surface area contributed by atoms with Gasteiger partial charge in [-0.15, -0.1) is 0 Å². The van der Waals surface area contributed by atoms with Gasteiger partial charge < -0.3 is 14.3 Å². The third-order valence-electron chi connectivity index (χ3n) is 6.11. The summed E-state index contributed by atoms with van der Waals surface area (Å²) in [7, 11) is 0. The van der Waals surface area contributed by atoms with E-state index in [-0.39, 0.29) is 0 Å². The van der Waals surface area contributed by atoms with E-state index in [1.165, 1.54) is 25.7 Å². The zero-order valence-corrected chi connectivity index (χ0v) is 17.9. The van der Waals surface area contributed by atoms with Crippen LogP contribution in [-0.2, 0) is 6.54 Å². The summed E-state index contributed by atoms with van der Waals surface area (Å²) < 4.78 is 5.53. The maximum Gasteiger partial charge on any atom is 0.241 e. The third kappa shape index (κ3) is 4.85. The molecule has 0 saturated carbocycles. The van der Waals surface area contributed by atoms with Crippen molar-refractivity contribution in [1.29, 1.82) is 0 Å². The molecule has 8 nitrogen and oxygen atoms in total. The van der Waals surface area contributed by atoms with Crippen LogP contribution in [0.5, 0.6) is 0 Å². The number of nitrogens with zero attached hydrogens (tertiary/aromatic N) is 7. The Morgan fingerprint density at radius 2 is 1.55 bits per heavy atom. The summed E-state index contributed by atoms with van der Waals surface area (Å²) in [6.07, 6.45) is 8.83. The molecule has 5 heterocycles. The smallest absolute Gasteiger partial charge is 0.241 e. The number of anilines is 2. The molecule has 2 aliphatic heterocycles. The molecule has 0 atom stereocenters. The second-order valence-corrected chi connectivity index (χ2v) is 8.27. The van der Waals surface area contributed by atoms with Gasteiger partial charge in [-0.05, 0) is 37.1 Å². The molecule has 5 rings (SSSR count).